The van der Waals surface area contributed by atoms with Gasteiger partial charge in [0, 0.05) is 19.7 Å². The number of ether oxygens (including phenoxy) is 2. The molecular formula is C18H25NO6. The molecular weight excluding hydrogens is 326 g/mol. The Kier molecular flexibility index (Phi) is 7.69. The highest BCUT2D eigenvalue weighted by Crippen LogP contribution is 2.21. The van der Waals surface area contributed by atoms with Gasteiger partial charge in [0.05, 0.1) is 6.61 Å². The lowest BCUT2D eigenvalue weighted by molar-refractivity contribution is -0.149. The van der Waals surface area contributed by atoms with Crippen molar-refractivity contribution in [1.82, 2.24) is 4.90 Å². The zero-order valence-electron chi connectivity index (χ0n) is 14.2. The van der Waals surface area contributed by atoms with E-state index in [1.807, 2.05) is 30.3 Å². The summed E-state index contributed by atoms with van der Waals surface area (Å²) >= 11 is 0. The average Bonchev–Trinajstić information content (AvgIpc) is 2.64. The molecule has 1 aliphatic heterocycles. The summed E-state index contributed by atoms with van der Waals surface area (Å²) in [5.74, 6) is -0.845. The molecule has 0 aliphatic carbocycles. The van der Waals surface area contributed by atoms with Crippen molar-refractivity contribution in [3.8, 4) is 0 Å². The van der Waals surface area contributed by atoms with E-state index in [2.05, 4.69) is 0 Å². The minimum Gasteiger partial charge on any atom is -0.479 e. The highest BCUT2D eigenvalue weighted by atomic mass is 16.6. The van der Waals surface area contributed by atoms with Crippen LogP contribution in [0.15, 0.2) is 30.3 Å². The lowest BCUT2D eigenvalue weighted by atomic mass is 9.94. The molecule has 1 heterocycles. The van der Waals surface area contributed by atoms with Gasteiger partial charge in [0.25, 0.3) is 0 Å². The summed E-state index contributed by atoms with van der Waals surface area (Å²) in [5, 5.41) is 17.7. The SMILES string of the molecule is O=C(O)[C@H](O)COCCC1CCN(C(=O)OCc2ccccc2)CC1. The molecule has 1 aliphatic rings. The smallest absolute Gasteiger partial charge is 0.410 e. The molecule has 1 saturated heterocycles. The fraction of sp³-hybridized carbons (Fsp3) is 0.556. The fourth-order valence-electron chi connectivity index (χ4n) is 2.73. The molecule has 7 heteroatoms. The molecule has 138 valence electrons. The van der Waals surface area contributed by atoms with Crippen LogP contribution < -0.4 is 0 Å². The van der Waals surface area contributed by atoms with Gasteiger partial charge in [0.2, 0.25) is 0 Å². The summed E-state index contributed by atoms with van der Waals surface area (Å²) in [6.45, 7) is 1.79. The first kappa shape index (κ1) is 19.2. The summed E-state index contributed by atoms with van der Waals surface area (Å²) in [7, 11) is 0. The zero-order valence-corrected chi connectivity index (χ0v) is 14.2. The predicted molar refractivity (Wildman–Crippen MR) is 90.0 cm³/mol. The number of likely N-dealkylation sites (tertiary alicyclic amines) is 1. The molecule has 1 fully saturated rings. The van der Waals surface area contributed by atoms with Gasteiger partial charge in [0.15, 0.2) is 6.10 Å². The van der Waals surface area contributed by atoms with Crippen molar-refractivity contribution in [2.45, 2.75) is 32.0 Å². The number of aliphatic hydroxyl groups is 1. The number of nitrogens with zero attached hydrogens (tertiary/aromatic N) is 1. The summed E-state index contributed by atoms with van der Waals surface area (Å²) in [5.41, 5.74) is 0.964. The molecule has 0 saturated carbocycles. The van der Waals surface area contributed by atoms with Crippen LogP contribution in [0.4, 0.5) is 4.79 Å². The van der Waals surface area contributed by atoms with Crippen molar-refractivity contribution in [1.29, 1.82) is 0 Å². The maximum Gasteiger partial charge on any atom is 0.410 e. The monoisotopic (exact) mass is 351 g/mol. The first-order valence-electron chi connectivity index (χ1n) is 8.50. The number of amides is 1. The third-order valence-corrected chi connectivity index (χ3v) is 4.31. The van der Waals surface area contributed by atoms with Gasteiger partial charge in [0.1, 0.15) is 6.61 Å². The second-order valence-corrected chi connectivity index (χ2v) is 6.19. The largest absolute Gasteiger partial charge is 0.479 e. The Morgan fingerprint density at radius 2 is 1.88 bits per heavy atom. The number of hydrogen-bond donors (Lipinski definition) is 2. The van der Waals surface area contributed by atoms with Gasteiger partial charge in [-0.3, -0.25) is 0 Å². The second-order valence-electron chi connectivity index (χ2n) is 6.19. The number of benzene rings is 1. The van der Waals surface area contributed by atoms with Crippen LogP contribution in [0.25, 0.3) is 0 Å². The Morgan fingerprint density at radius 3 is 2.52 bits per heavy atom. The molecule has 0 unspecified atom stereocenters. The summed E-state index contributed by atoms with van der Waals surface area (Å²) in [6, 6.07) is 9.57. The Bertz CT molecular complexity index is 542. The minimum atomic E-state index is -1.47. The van der Waals surface area contributed by atoms with Crippen molar-refractivity contribution in [2.75, 3.05) is 26.3 Å². The van der Waals surface area contributed by atoms with E-state index in [1.165, 1.54) is 0 Å². The normalized spacial score (nSPS) is 16.4. The molecule has 1 aromatic carbocycles. The molecule has 0 bridgehead atoms. The summed E-state index contributed by atoms with van der Waals surface area (Å²) < 4.78 is 10.5. The Labute approximate surface area is 147 Å². The number of hydrogen-bond acceptors (Lipinski definition) is 5. The van der Waals surface area contributed by atoms with Gasteiger partial charge in [-0.25, -0.2) is 9.59 Å². The first-order chi connectivity index (χ1) is 12.1. The van der Waals surface area contributed by atoms with Crippen molar-refractivity contribution in [3.63, 3.8) is 0 Å². The number of carboxylic acids is 1. The Morgan fingerprint density at radius 1 is 1.20 bits per heavy atom. The summed E-state index contributed by atoms with van der Waals surface area (Å²) in [6.07, 6.45) is 0.764. The quantitative estimate of drug-likeness (QED) is 0.694. The van der Waals surface area contributed by atoms with Crippen LogP contribution in [0.3, 0.4) is 0 Å². The molecule has 0 spiro atoms. The van der Waals surface area contributed by atoms with Crippen molar-refractivity contribution in [2.24, 2.45) is 5.92 Å². The van der Waals surface area contributed by atoms with Crippen LogP contribution in [0.2, 0.25) is 0 Å². The molecule has 7 nitrogen and oxygen atoms in total. The maximum absolute atomic E-state index is 12.1. The van der Waals surface area contributed by atoms with Gasteiger partial charge in [-0.2, -0.15) is 0 Å². The van der Waals surface area contributed by atoms with Crippen molar-refractivity contribution >= 4 is 12.1 Å². The highest BCUT2D eigenvalue weighted by molar-refractivity contribution is 5.72. The van der Waals surface area contributed by atoms with Crippen molar-refractivity contribution in [3.05, 3.63) is 35.9 Å². The molecule has 2 rings (SSSR count). The first-order valence-corrected chi connectivity index (χ1v) is 8.50. The van der Waals surface area contributed by atoms with E-state index in [0.29, 0.717) is 25.6 Å². The molecule has 0 aromatic heterocycles. The molecule has 1 aromatic rings. The molecule has 25 heavy (non-hydrogen) atoms. The Balaban J connectivity index is 1.59. The number of carbonyl (C=O) groups excluding carboxylic acids is 1. The average molecular weight is 351 g/mol. The van der Waals surface area contributed by atoms with Gasteiger partial charge in [-0.05, 0) is 30.7 Å². The van der Waals surface area contributed by atoms with Crippen LogP contribution in [-0.4, -0.2) is 59.6 Å². The molecule has 0 radical (unpaired) electrons. The number of rotatable bonds is 8. The molecule has 2 N–H and O–H groups in total. The van der Waals surface area contributed by atoms with Crippen LogP contribution in [0.5, 0.6) is 0 Å². The maximum atomic E-state index is 12.1. The lowest BCUT2D eigenvalue weighted by Crippen LogP contribution is -2.39. The Hall–Kier alpha value is -2.12. The van der Waals surface area contributed by atoms with E-state index < -0.39 is 12.1 Å². The van der Waals surface area contributed by atoms with Crippen LogP contribution >= 0.6 is 0 Å². The fourth-order valence-corrected chi connectivity index (χ4v) is 2.73. The third-order valence-electron chi connectivity index (χ3n) is 4.31. The third kappa shape index (κ3) is 6.72. The zero-order chi connectivity index (χ0) is 18.1. The predicted octanol–water partition coefficient (Wildman–Crippen LogP) is 1.89. The molecule has 1 amide bonds. The summed E-state index contributed by atoms with van der Waals surface area (Å²) in [4.78, 5) is 24.2. The molecule has 1 atom stereocenters. The van der Waals surface area contributed by atoms with E-state index in [4.69, 9.17) is 19.7 Å². The topological polar surface area (TPSA) is 96.3 Å². The van der Waals surface area contributed by atoms with E-state index in [-0.39, 0.29) is 19.3 Å². The van der Waals surface area contributed by atoms with Crippen LogP contribution in [0, 0.1) is 5.92 Å². The van der Waals surface area contributed by atoms with E-state index in [1.54, 1.807) is 4.90 Å². The minimum absolute atomic E-state index is 0.194. The van der Waals surface area contributed by atoms with Crippen LogP contribution in [0.1, 0.15) is 24.8 Å². The van der Waals surface area contributed by atoms with Gasteiger partial charge >= 0.3 is 12.1 Å². The standard InChI is InChI=1S/C18H25NO6/c20-16(17(21)22)13-24-11-8-14-6-9-19(10-7-14)18(23)25-12-15-4-2-1-3-5-15/h1-5,14,16,20H,6-13H2,(H,21,22)/t16-/m1/s1. The van der Waals surface area contributed by atoms with Crippen LogP contribution in [-0.2, 0) is 20.9 Å². The van der Waals surface area contributed by atoms with Crippen molar-refractivity contribution < 1.29 is 29.3 Å². The van der Waals surface area contributed by atoms with Gasteiger partial charge < -0.3 is 24.6 Å². The van der Waals surface area contributed by atoms with Gasteiger partial charge in [-0.15, -0.1) is 0 Å². The number of aliphatic carboxylic acids is 1. The van der Waals surface area contributed by atoms with E-state index in [0.717, 1.165) is 24.8 Å². The second kappa shape index (κ2) is 10.0. The van der Waals surface area contributed by atoms with E-state index in [9.17, 15) is 9.59 Å². The number of carboxylic acid groups (broad SMARTS) is 1. The number of piperidine rings is 1. The number of aliphatic hydroxyl groups excluding tert-OH is 1. The number of carbonyl (C=O) groups is 2. The lowest BCUT2D eigenvalue weighted by Gasteiger charge is -2.31. The van der Waals surface area contributed by atoms with E-state index >= 15 is 0 Å². The highest BCUT2D eigenvalue weighted by Gasteiger charge is 2.23. The van der Waals surface area contributed by atoms with Gasteiger partial charge in [-0.1, -0.05) is 30.3 Å².